The molecule has 0 radical (unpaired) electrons. The van der Waals surface area contributed by atoms with Gasteiger partial charge < -0.3 is 4.74 Å². The first kappa shape index (κ1) is 28.1. The normalized spacial score (nSPS) is 11.7. The highest BCUT2D eigenvalue weighted by molar-refractivity contribution is 7.29. The molecule has 0 aliphatic rings. The van der Waals surface area contributed by atoms with Crippen LogP contribution in [0.3, 0.4) is 0 Å². The molecule has 0 unspecified atom stereocenters. The van der Waals surface area contributed by atoms with Gasteiger partial charge in [0.1, 0.15) is 11.5 Å². The number of aromatic nitrogens is 3. The molecule has 230 valence electrons. The average Bonchev–Trinajstić information content (AvgIpc) is 3.47. The molecule has 0 bridgehead atoms. The Hall–Kier alpha value is -5.95. The Morgan fingerprint density at radius 1 is 0.408 bits per heavy atom. The summed E-state index contributed by atoms with van der Waals surface area (Å²) in [5, 5.41) is 7.56. The molecule has 0 aliphatic carbocycles. The lowest BCUT2D eigenvalue weighted by Gasteiger charge is -2.11. The van der Waals surface area contributed by atoms with Crippen molar-refractivity contribution in [2.45, 2.75) is 0 Å². The second-order valence-electron chi connectivity index (χ2n) is 12.0. The van der Waals surface area contributed by atoms with Crippen molar-refractivity contribution in [1.82, 2.24) is 15.0 Å². The second kappa shape index (κ2) is 11.3. The first-order chi connectivity index (χ1) is 24.3. The number of nitrogens with zero attached hydrogens (tertiary/aromatic N) is 3. The summed E-state index contributed by atoms with van der Waals surface area (Å²) in [6, 6.07) is 52.2. The van der Waals surface area contributed by atoms with Gasteiger partial charge in [0.25, 0.3) is 0 Å². The fourth-order valence-electron chi connectivity index (χ4n) is 6.72. The number of thiophene rings is 1. The summed E-state index contributed by atoms with van der Waals surface area (Å²) >= 11 is 3.67. The van der Waals surface area contributed by atoms with Crippen LogP contribution in [-0.4, -0.2) is 15.0 Å². The summed E-state index contributed by atoms with van der Waals surface area (Å²) in [6.07, 6.45) is 0. The van der Waals surface area contributed by atoms with Crippen molar-refractivity contribution in [1.29, 1.82) is 0 Å². The van der Waals surface area contributed by atoms with Gasteiger partial charge in [-0.3, -0.25) is 0 Å². The highest BCUT2D eigenvalue weighted by atomic mass is 32.1. The Morgan fingerprint density at radius 2 is 1.08 bits per heavy atom. The highest BCUT2D eigenvalue weighted by Crippen LogP contribution is 2.48. The van der Waals surface area contributed by atoms with Crippen molar-refractivity contribution in [3.63, 3.8) is 0 Å². The van der Waals surface area contributed by atoms with Gasteiger partial charge in [-0.25, -0.2) is 15.0 Å². The van der Waals surface area contributed by atoms with Gasteiger partial charge in [-0.15, -0.1) is 22.7 Å². The van der Waals surface area contributed by atoms with Gasteiger partial charge in [0, 0.05) is 51.6 Å². The first-order valence-electron chi connectivity index (χ1n) is 16.1. The maximum Gasteiger partial charge on any atom is 0.165 e. The maximum atomic E-state index is 6.20. The molecule has 10 rings (SSSR count). The first-order valence-corrected chi connectivity index (χ1v) is 17.7. The molecule has 7 aromatic carbocycles. The van der Waals surface area contributed by atoms with Gasteiger partial charge in [0.05, 0.1) is 0 Å². The maximum absolute atomic E-state index is 6.20. The van der Waals surface area contributed by atoms with E-state index in [-0.39, 0.29) is 0 Å². The molecule has 3 aromatic heterocycles. The van der Waals surface area contributed by atoms with Gasteiger partial charge >= 0.3 is 0 Å². The number of fused-ring (bicyclic) bond motifs is 4. The van der Waals surface area contributed by atoms with E-state index in [2.05, 4.69) is 66.7 Å². The van der Waals surface area contributed by atoms with E-state index >= 15 is 0 Å². The molecule has 0 amide bonds. The number of hydrogen-bond donors (Lipinski definition) is 0. The molecule has 0 saturated heterocycles. The number of ether oxygens (including phenoxy) is 1. The van der Waals surface area contributed by atoms with E-state index in [1.54, 1.807) is 0 Å². The summed E-state index contributed by atoms with van der Waals surface area (Å²) in [7, 11) is 0. The topological polar surface area (TPSA) is 47.9 Å². The third-order valence-electron chi connectivity index (χ3n) is 8.97. The smallest absolute Gasteiger partial charge is 0.165 e. The third-order valence-corrected chi connectivity index (χ3v) is 11.4. The molecule has 4 nitrogen and oxygen atoms in total. The number of benzene rings is 7. The predicted molar refractivity (Wildman–Crippen MR) is 206 cm³/mol. The molecule has 0 aliphatic heterocycles. The van der Waals surface area contributed by atoms with Crippen LogP contribution in [-0.2, 0) is 0 Å². The fraction of sp³-hybridized carbons (Fsp3) is 0. The summed E-state index contributed by atoms with van der Waals surface area (Å²) in [4.78, 5) is 15.4. The van der Waals surface area contributed by atoms with E-state index in [0.29, 0.717) is 17.5 Å². The molecule has 0 atom stereocenters. The zero-order chi connectivity index (χ0) is 32.3. The highest BCUT2D eigenvalue weighted by Gasteiger charge is 2.20. The lowest BCUT2D eigenvalue weighted by Crippen LogP contribution is -2.00. The lowest BCUT2D eigenvalue weighted by atomic mass is 10.0. The molecule has 10 aromatic rings. The average molecular weight is 664 g/mol. The standard InChI is InChI=1S/C43H25N3OS2/c1-3-12-27(13-4-1)41-44-42(28-14-9-17-30(25-28)47-29-15-5-2-6-16-29)46-43(45-41)34-23-24-36-38-37-32(19-10-20-35(37)48-36)33-22-21-26-11-7-8-18-31(26)39(33)49-40(34)38/h1-25H. The molecule has 0 fully saturated rings. The monoisotopic (exact) mass is 663 g/mol. The van der Waals surface area contributed by atoms with Crippen LogP contribution in [0.5, 0.6) is 11.5 Å². The van der Waals surface area contributed by atoms with E-state index < -0.39 is 0 Å². The van der Waals surface area contributed by atoms with Crippen LogP contribution >= 0.6 is 22.7 Å². The number of para-hydroxylation sites is 1. The van der Waals surface area contributed by atoms with E-state index in [1.807, 2.05) is 108 Å². The quantitative estimate of drug-likeness (QED) is 0.184. The molecule has 0 N–H and O–H groups in total. The third kappa shape index (κ3) is 4.76. The zero-order valence-corrected chi connectivity index (χ0v) is 27.6. The lowest BCUT2D eigenvalue weighted by molar-refractivity contribution is 0.483. The van der Waals surface area contributed by atoms with E-state index in [1.165, 1.54) is 51.1 Å². The largest absolute Gasteiger partial charge is 0.457 e. The Morgan fingerprint density at radius 3 is 1.96 bits per heavy atom. The van der Waals surface area contributed by atoms with Crippen LogP contribution in [0.2, 0.25) is 0 Å². The summed E-state index contributed by atoms with van der Waals surface area (Å²) in [5.74, 6) is 3.36. The van der Waals surface area contributed by atoms with E-state index in [9.17, 15) is 0 Å². The van der Waals surface area contributed by atoms with Crippen LogP contribution < -0.4 is 4.74 Å². The van der Waals surface area contributed by atoms with Crippen molar-refractivity contribution in [3.05, 3.63) is 152 Å². The minimum absolute atomic E-state index is 0.593. The zero-order valence-electron chi connectivity index (χ0n) is 26.0. The van der Waals surface area contributed by atoms with Crippen molar-refractivity contribution < 1.29 is 4.74 Å². The van der Waals surface area contributed by atoms with Crippen molar-refractivity contribution in [2.24, 2.45) is 0 Å². The van der Waals surface area contributed by atoms with Crippen molar-refractivity contribution >= 4 is 73.8 Å². The molecule has 0 spiro atoms. The van der Waals surface area contributed by atoms with Crippen molar-refractivity contribution in [2.75, 3.05) is 0 Å². The predicted octanol–water partition coefficient (Wildman–Crippen LogP) is 12.6. The fourth-order valence-corrected chi connectivity index (χ4v) is 9.29. The van der Waals surface area contributed by atoms with Gasteiger partial charge in [-0.05, 0) is 58.6 Å². The van der Waals surface area contributed by atoms with Gasteiger partial charge in [-0.2, -0.15) is 0 Å². The van der Waals surface area contributed by atoms with Crippen LogP contribution in [0.1, 0.15) is 0 Å². The number of rotatable bonds is 5. The Bertz CT molecular complexity index is 2860. The van der Waals surface area contributed by atoms with E-state index in [4.69, 9.17) is 19.7 Å². The Kier molecular flexibility index (Phi) is 6.50. The molecule has 0 saturated carbocycles. The summed E-state index contributed by atoms with van der Waals surface area (Å²) in [5.41, 5.74) is 2.78. The Balaban J connectivity index is 1.26. The SMILES string of the molecule is c1ccc(Oc2cccc(-c3nc(-c4ccccc4)nc(-c4ccc5sc6cccc7c8ccc9ccccc9c8sc4c5c67)n3)c2)cc1. The molecule has 49 heavy (non-hydrogen) atoms. The number of hydrogen-bond acceptors (Lipinski definition) is 6. The van der Waals surface area contributed by atoms with Gasteiger partial charge in [-0.1, -0.05) is 109 Å². The molecular weight excluding hydrogens is 639 g/mol. The molecule has 3 heterocycles. The van der Waals surface area contributed by atoms with Crippen LogP contribution in [0.15, 0.2) is 152 Å². The molecule has 6 heteroatoms. The van der Waals surface area contributed by atoms with Gasteiger partial charge in [0.2, 0.25) is 0 Å². The second-order valence-corrected chi connectivity index (χ2v) is 14.1. The van der Waals surface area contributed by atoms with Crippen LogP contribution in [0, 0.1) is 0 Å². The summed E-state index contributed by atoms with van der Waals surface area (Å²) < 4.78 is 11.2. The Labute approximate surface area is 289 Å². The van der Waals surface area contributed by atoms with Crippen molar-refractivity contribution in [3.8, 4) is 45.7 Å². The minimum Gasteiger partial charge on any atom is -0.457 e. The van der Waals surface area contributed by atoms with Crippen LogP contribution in [0.25, 0.3) is 85.3 Å². The van der Waals surface area contributed by atoms with E-state index in [0.717, 1.165) is 28.2 Å². The molecular formula is C43H25N3OS2. The summed E-state index contributed by atoms with van der Waals surface area (Å²) in [6.45, 7) is 0. The van der Waals surface area contributed by atoms with Gasteiger partial charge in [0.15, 0.2) is 17.5 Å². The minimum atomic E-state index is 0.593. The van der Waals surface area contributed by atoms with Crippen LogP contribution in [0.4, 0.5) is 0 Å².